The second-order valence-electron chi connectivity index (χ2n) is 6.33. The number of benzene rings is 2. The van der Waals surface area contributed by atoms with Crippen LogP contribution in [0.15, 0.2) is 23.1 Å². The fraction of sp³-hybridized carbons (Fsp3) is 0.294. The molecule has 0 aromatic heterocycles. The van der Waals surface area contributed by atoms with Crippen molar-refractivity contribution >= 4 is 15.7 Å². The number of nitro groups is 1. The molecule has 1 saturated heterocycles. The first-order chi connectivity index (χ1) is 14.1. The minimum atomic E-state index is -4.00. The van der Waals surface area contributed by atoms with Gasteiger partial charge in [0.1, 0.15) is 6.61 Å². The molecule has 0 radical (unpaired) electrons. The molecular weight excluding hydrogens is 439 g/mol. The fourth-order valence-corrected chi connectivity index (χ4v) is 4.46. The molecule has 1 fully saturated rings. The predicted molar refractivity (Wildman–Crippen MR) is 91.7 cm³/mol. The third kappa shape index (κ3) is 3.81. The number of hydrogen-bond acceptors (Lipinski definition) is 5. The van der Waals surface area contributed by atoms with E-state index in [0.29, 0.717) is 18.9 Å². The van der Waals surface area contributed by atoms with E-state index in [1.807, 2.05) is 0 Å². The van der Waals surface area contributed by atoms with Crippen molar-refractivity contribution in [2.24, 2.45) is 0 Å². The molecule has 1 heterocycles. The summed E-state index contributed by atoms with van der Waals surface area (Å²) in [4.78, 5) is 9.94. The molecule has 2 aromatic rings. The maximum Gasteiger partial charge on any atom is 0.312 e. The molecule has 0 amide bonds. The Hall–Kier alpha value is -2.80. The highest BCUT2D eigenvalue weighted by atomic mass is 32.2. The summed E-state index contributed by atoms with van der Waals surface area (Å²) in [5, 5.41) is 11.3. The summed E-state index contributed by atoms with van der Waals surface area (Å²) in [6.07, 6.45) is 1.29. The lowest BCUT2D eigenvalue weighted by Gasteiger charge is -2.16. The first-order valence-corrected chi connectivity index (χ1v) is 9.91. The molecule has 13 heteroatoms. The molecule has 30 heavy (non-hydrogen) atoms. The minimum absolute atomic E-state index is 0.259. The lowest BCUT2D eigenvalue weighted by Crippen LogP contribution is -2.27. The van der Waals surface area contributed by atoms with Gasteiger partial charge in [0.25, 0.3) is 0 Å². The van der Waals surface area contributed by atoms with Crippen LogP contribution in [0.3, 0.4) is 0 Å². The van der Waals surface area contributed by atoms with Gasteiger partial charge in [-0.3, -0.25) is 10.1 Å². The summed E-state index contributed by atoms with van der Waals surface area (Å²) >= 11 is 0. The van der Waals surface area contributed by atoms with E-state index in [1.165, 1.54) is 0 Å². The Bertz CT molecular complexity index is 1090. The van der Waals surface area contributed by atoms with Gasteiger partial charge >= 0.3 is 5.69 Å². The SMILES string of the molecule is O=[N+]([O-])c1cc(S(=O)(=O)N2CCCC2)ccc1OCc1c(F)c(F)c(F)c(F)c1F. The summed E-state index contributed by atoms with van der Waals surface area (Å²) in [6.45, 7) is -0.700. The van der Waals surface area contributed by atoms with Crippen LogP contribution in [-0.2, 0) is 16.6 Å². The molecular formula is C17H13F5N2O5S. The van der Waals surface area contributed by atoms with Crippen LogP contribution in [-0.4, -0.2) is 30.7 Å². The van der Waals surface area contributed by atoms with Gasteiger partial charge in [-0.2, -0.15) is 4.31 Å². The molecule has 0 aliphatic carbocycles. The second kappa shape index (κ2) is 8.14. The van der Waals surface area contributed by atoms with Crippen LogP contribution >= 0.6 is 0 Å². The molecule has 0 N–H and O–H groups in total. The first kappa shape index (κ1) is 21.9. The van der Waals surface area contributed by atoms with Crippen LogP contribution in [0.5, 0.6) is 5.75 Å². The Labute approximate surface area is 166 Å². The molecule has 0 atom stereocenters. The monoisotopic (exact) mass is 452 g/mol. The standard InChI is InChI=1S/C17H13F5N2O5S/c18-13-10(14(19)16(21)17(22)15(13)20)8-29-12-4-3-9(7-11(12)24(25)26)30(27,28)23-5-1-2-6-23/h3-4,7H,1-2,5-6,8H2. The summed E-state index contributed by atoms with van der Waals surface area (Å²) < 4.78 is 98.3. The lowest BCUT2D eigenvalue weighted by molar-refractivity contribution is -0.386. The zero-order valence-corrected chi connectivity index (χ0v) is 15.8. The van der Waals surface area contributed by atoms with Gasteiger partial charge in [0.2, 0.25) is 15.8 Å². The van der Waals surface area contributed by atoms with Gasteiger partial charge < -0.3 is 4.74 Å². The van der Waals surface area contributed by atoms with E-state index in [1.54, 1.807) is 0 Å². The zero-order chi connectivity index (χ0) is 22.2. The third-order valence-electron chi connectivity index (χ3n) is 4.50. The van der Waals surface area contributed by atoms with Crippen LogP contribution in [0.25, 0.3) is 0 Å². The largest absolute Gasteiger partial charge is 0.482 e. The molecule has 1 aliphatic rings. The van der Waals surface area contributed by atoms with Gasteiger partial charge in [-0.15, -0.1) is 0 Å². The highest BCUT2D eigenvalue weighted by Gasteiger charge is 2.31. The summed E-state index contributed by atoms with van der Waals surface area (Å²) in [5.74, 6) is -11.6. The van der Waals surface area contributed by atoms with Crippen molar-refractivity contribution in [1.82, 2.24) is 4.31 Å². The summed E-state index contributed by atoms with van der Waals surface area (Å²) in [7, 11) is -4.00. The minimum Gasteiger partial charge on any atom is -0.482 e. The Kier molecular flexibility index (Phi) is 5.94. The van der Waals surface area contributed by atoms with Crippen molar-refractivity contribution in [2.75, 3.05) is 13.1 Å². The maximum atomic E-state index is 13.7. The molecule has 3 rings (SSSR count). The molecule has 2 aromatic carbocycles. The Morgan fingerprint density at radius 2 is 1.50 bits per heavy atom. The van der Waals surface area contributed by atoms with Crippen molar-refractivity contribution in [2.45, 2.75) is 24.3 Å². The number of nitrogens with zero attached hydrogens (tertiary/aromatic N) is 2. The number of hydrogen-bond donors (Lipinski definition) is 0. The van der Waals surface area contributed by atoms with Crippen molar-refractivity contribution in [3.63, 3.8) is 0 Å². The van der Waals surface area contributed by atoms with Crippen LogP contribution in [0.1, 0.15) is 18.4 Å². The van der Waals surface area contributed by atoms with E-state index >= 15 is 0 Å². The van der Waals surface area contributed by atoms with Crippen molar-refractivity contribution in [1.29, 1.82) is 0 Å². The molecule has 0 spiro atoms. The second-order valence-corrected chi connectivity index (χ2v) is 8.27. The molecule has 7 nitrogen and oxygen atoms in total. The summed E-state index contributed by atoms with van der Waals surface area (Å²) in [6, 6.07) is 2.59. The average Bonchev–Trinajstić information content (AvgIpc) is 3.26. The zero-order valence-electron chi connectivity index (χ0n) is 15.0. The number of ether oxygens (including phenoxy) is 1. The van der Waals surface area contributed by atoms with Gasteiger partial charge in [0.05, 0.1) is 15.4 Å². The Morgan fingerprint density at radius 1 is 0.967 bits per heavy atom. The van der Waals surface area contributed by atoms with Crippen LogP contribution in [0.4, 0.5) is 27.6 Å². The topological polar surface area (TPSA) is 89.8 Å². The third-order valence-corrected chi connectivity index (χ3v) is 6.40. The number of halogens is 5. The van der Waals surface area contributed by atoms with E-state index < -0.39 is 67.6 Å². The van der Waals surface area contributed by atoms with Crippen LogP contribution < -0.4 is 4.74 Å². The maximum absolute atomic E-state index is 13.7. The first-order valence-electron chi connectivity index (χ1n) is 8.47. The van der Waals surface area contributed by atoms with Crippen LogP contribution in [0.2, 0.25) is 0 Å². The highest BCUT2D eigenvalue weighted by molar-refractivity contribution is 7.89. The van der Waals surface area contributed by atoms with E-state index in [0.717, 1.165) is 16.4 Å². The molecule has 0 unspecified atom stereocenters. The highest BCUT2D eigenvalue weighted by Crippen LogP contribution is 2.33. The van der Waals surface area contributed by atoms with E-state index in [4.69, 9.17) is 4.74 Å². The number of sulfonamides is 1. The quantitative estimate of drug-likeness (QED) is 0.219. The molecule has 162 valence electrons. The van der Waals surface area contributed by atoms with Gasteiger partial charge in [-0.1, -0.05) is 0 Å². The average molecular weight is 452 g/mol. The molecule has 0 saturated carbocycles. The van der Waals surface area contributed by atoms with Gasteiger partial charge in [0, 0.05) is 19.2 Å². The van der Waals surface area contributed by atoms with Crippen molar-refractivity contribution < 1.29 is 40.0 Å². The number of nitro benzene ring substituents is 1. The van der Waals surface area contributed by atoms with Crippen LogP contribution in [0, 0.1) is 39.2 Å². The van der Waals surface area contributed by atoms with E-state index in [9.17, 15) is 40.5 Å². The Morgan fingerprint density at radius 3 is 2.03 bits per heavy atom. The number of rotatable bonds is 6. The smallest absolute Gasteiger partial charge is 0.312 e. The fourth-order valence-electron chi connectivity index (χ4n) is 2.93. The van der Waals surface area contributed by atoms with E-state index in [-0.39, 0.29) is 18.0 Å². The predicted octanol–water partition coefficient (Wildman–Crippen LogP) is 3.65. The summed E-state index contributed by atoms with van der Waals surface area (Å²) in [5.41, 5.74) is -2.17. The Balaban J connectivity index is 1.94. The lowest BCUT2D eigenvalue weighted by atomic mass is 10.2. The van der Waals surface area contributed by atoms with Gasteiger partial charge in [-0.25, -0.2) is 30.4 Å². The van der Waals surface area contributed by atoms with Crippen molar-refractivity contribution in [3.05, 3.63) is 63.0 Å². The van der Waals surface area contributed by atoms with Gasteiger partial charge in [-0.05, 0) is 25.0 Å². The molecule has 1 aliphatic heterocycles. The van der Waals surface area contributed by atoms with Crippen molar-refractivity contribution in [3.8, 4) is 5.75 Å². The normalized spacial score (nSPS) is 14.8. The molecule has 0 bridgehead atoms. The van der Waals surface area contributed by atoms with Gasteiger partial charge in [0.15, 0.2) is 29.0 Å². The van der Waals surface area contributed by atoms with E-state index in [2.05, 4.69) is 0 Å².